The molecule has 9 rings (SSSR count). The van der Waals surface area contributed by atoms with Crippen LogP contribution in [-0.2, 0) is 0 Å². The minimum atomic E-state index is -2.94. The minimum absolute atomic E-state index is 0.351. The number of fused-ring (bicyclic) bond motifs is 1. The standard InChI is InChI=1S/C50H41N3Si/c1-50-32-31-46(48(50)35-50)47-34-45(29-30-49(47)52-38-15-6-2-7-16-38)54(42-20-10-4-11-21-42,43-22-12-5-13-23-43)44-24-14-19-41(33-44)53(39-17-8-3-9-18-39)40-27-25-37(36-51)26-28-40/h2-30,33-34,52H,31-32,35H2,1H3/t50-/m0/s1. The largest absolute Gasteiger partial charge is 0.355 e. The summed E-state index contributed by atoms with van der Waals surface area (Å²) in [6.45, 7) is 2.44. The molecule has 54 heavy (non-hydrogen) atoms. The Hall–Kier alpha value is -6.41. The third-order valence-electron chi connectivity index (χ3n) is 11.5. The van der Waals surface area contributed by atoms with Crippen LogP contribution in [0.25, 0.3) is 5.57 Å². The van der Waals surface area contributed by atoms with E-state index in [9.17, 15) is 5.26 Å². The monoisotopic (exact) mass is 711 g/mol. The highest BCUT2D eigenvalue weighted by Gasteiger charge is 2.50. The molecule has 0 spiro atoms. The van der Waals surface area contributed by atoms with Crippen molar-refractivity contribution in [2.24, 2.45) is 5.41 Å². The molecule has 0 aromatic heterocycles. The first-order valence-corrected chi connectivity index (χ1v) is 20.8. The molecule has 260 valence electrons. The summed E-state index contributed by atoms with van der Waals surface area (Å²) >= 11 is 0. The maximum atomic E-state index is 9.60. The smallest absolute Gasteiger partial charge is 0.179 e. The van der Waals surface area contributed by atoms with Gasteiger partial charge in [0, 0.05) is 34.0 Å². The maximum absolute atomic E-state index is 9.60. The van der Waals surface area contributed by atoms with Crippen LogP contribution in [0.3, 0.4) is 0 Å². The molecule has 1 fully saturated rings. The van der Waals surface area contributed by atoms with Gasteiger partial charge in [-0.1, -0.05) is 134 Å². The van der Waals surface area contributed by atoms with E-state index in [2.05, 4.69) is 187 Å². The first-order valence-electron chi connectivity index (χ1n) is 18.8. The van der Waals surface area contributed by atoms with Gasteiger partial charge in [0.2, 0.25) is 0 Å². The SMILES string of the molecule is C[C@@]12CCC(c3cc([Si](c4ccccc4)(c4ccccc4)c4cccc(N(c5ccccc5)c5ccc(C#N)cc5)c4)ccc3Nc3ccccc3)=C1C2. The van der Waals surface area contributed by atoms with E-state index in [-0.39, 0.29) is 0 Å². The molecule has 2 aliphatic rings. The molecule has 1 N–H and O–H groups in total. The van der Waals surface area contributed by atoms with E-state index in [4.69, 9.17) is 0 Å². The molecule has 0 heterocycles. The predicted molar refractivity (Wildman–Crippen MR) is 228 cm³/mol. The van der Waals surface area contributed by atoms with Crippen molar-refractivity contribution in [2.75, 3.05) is 10.2 Å². The van der Waals surface area contributed by atoms with Crippen LogP contribution in [0.2, 0.25) is 0 Å². The van der Waals surface area contributed by atoms with Gasteiger partial charge in [-0.3, -0.25) is 0 Å². The zero-order valence-corrected chi connectivity index (χ0v) is 31.4. The van der Waals surface area contributed by atoms with E-state index in [1.165, 1.54) is 44.7 Å². The fourth-order valence-electron chi connectivity index (χ4n) is 8.68. The number of para-hydroxylation sites is 2. The molecule has 1 atom stereocenters. The molecule has 7 aromatic rings. The molecule has 3 nitrogen and oxygen atoms in total. The number of nitriles is 1. The molecule has 0 amide bonds. The van der Waals surface area contributed by atoms with E-state index < -0.39 is 8.07 Å². The van der Waals surface area contributed by atoms with Gasteiger partial charge >= 0.3 is 0 Å². The summed E-state index contributed by atoms with van der Waals surface area (Å²) in [5, 5.41) is 18.8. The van der Waals surface area contributed by atoms with E-state index in [1.54, 1.807) is 5.57 Å². The third-order valence-corrected chi connectivity index (χ3v) is 16.3. The van der Waals surface area contributed by atoms with Crippen LogP contribution >= 0.6 is 0 Å². The molecule has 0 saturated heterocycles. The highest BCUT2D eigenvalue weighted by molar-refractivity contribution is 7.20. The van der Waals surface area contributed by atoms with Crippen LogP contribution in [0.1, 0.15) is 37.3 Å². The van der Waals surface area contributed by atoms with Crippen molar-refractivity contribution in [2.45, 2.75) is 26.2 Å². The molecule has 7 aromatic carbocycles. The zero-order chi connectivity index (χ0) is 36.5. The first-order chi connectivity index (χ1) is 26.6. The van der Waals surface area contributed by atoms with Gasteiger partial charge in [-0.05, 0) is 118 Å². The van der Waals surface area contributed by atoms with Gasteiger partial charge in [-0.25, -0.2) is 0 Å². The topological polar surface area (TPSA) is 39.1 Å². The van der Waals surface area contributed by atoms with Crippen LogP contribution < -0.4 is 31.0 Å². The molecule has 0 radical (unpaired) electrons. The Morgan fingerprint density at radius 2 is 1.13 bits per heavy atom. The summed E-state index contributed by atoms with van der Waals surface area (Å²) in [7, 11) is -2.94. The molecule has 4 heteroatoms. The van der Waals surface area contributed by atoms with Crippen molar-refractivity contribution in [3.63, 3.8) is 0 Å². The third kappa shape index (κ3) is 5.93. The molecule has 0 unspecified atom stereocenters. The van der Waals surface area contributed by atoms with Gasteiger partial charge in [0.15, 0.2) is 8.07 Å². The van der Waals surface area contributed by atoms with Crippen LogP contribution in [0, 0.1) is 16.7 Å². The second-order valence-corrected chi connectivity index (χ2v) is 18.6. The second-order valence-electron chi connectivity index (χ2n) is 14.8. The Morgan fingerprint density at radius 3 is 1.72 bits per heavy atom. The van der Waals surface area contributed by atoms with Gasteiger partial charge < -0.3 is 10.2 Å². The average molecular weight is 712 g/mol. The summed E-state index contributed by atoms with van der Waals surface area (Å²) in [6, 6.07) is 70.1. The first kappa shape index (κ1) is 33.4. The van der Waals surface area contributed by atoms with Gasteiger partial charge in [-0.15, -0.1) is 0 Å². The van der Waals surface area contributed by atoms with Crippen molar-refractivity contribution in [1.82, 2.24) is 0 Å². The van der Waals surface area contributed by atoms with Gasteiger partial charge in [0.1, 0.15) is 0 Å². The van der Waals surface area contributed by atoms with Crippen LogP contribution in [0.4, 0.5) is 28.4 Å². The van der Waals surface area contributed by atoms with Gasteiger partial charge in [0.25, 0.3) is 0 Å². The summed E-state index contributed by atoms with van der Waals surface area (Å²) in [4.78, 5) is 2.30. The van der Waals surface area contributed by atoms with Crippen molar-refractivity contribution in [3.8, 4) is 6.07 Å². The Bertz CT molecular complexity index is 2470. The highest BCUT2D eigenvalue weighted by Crippen LogP contribution is 2.64. The van der Waals surface area contributed by atoms with Crippen molar-refractivity contribution in [1.29, 1.82) is 5.26 Å². The number of hydrogen-bond donors (Lipinski definition) is 1. The molecule has 0 aliphatic heterocycles. The number of nitrogens with one attached hydrogen (secondary N) is 1. The number of anilines is 5. The van der Waals surface area contributed by atoms with Gasteiger partial charge in [0.05, 0.1) is 11.6 Å². The minimum Gasteiger partial charge on any atom is -0.355 e. The lowest BCUT2D eigenvalue weighted by Gasteiger charge is -2.36. The van der Waals surface area contributed by atoms with Crippen molar-refractivity contribution >= 4 is 62.8 Å². The lowest BCUT2D eigenvalue weighted by Crippen LogP contribution is -2.74. The number of benzene rings is 7. The van der Waals surface area contributed by atoms with E-state index >= 15 is 0 Å². The lowest BCUT2D eigenvalue weighted by atomic mass is 10.00. The second kappa shape index (κ2) is 13.9. The fraction of sp³-hybridized carbons (Fsp3) is 0.100. The van der Waals surface area contributed by atoms with Crippen LogP contribution in [-0.4, -0.2) is 8.07 Å². The normalized spacial score (nSPS) is 16.0. The van der Waals surface area contributed by atoms with Crippen molar-refractivity contribution in [3.05, 3.63) is 205 Å². The van der Waals surface area contributed by atoms with E-state index in [0.717, 1.165) is 34.9 Å². The van der Waals surface area contributed by atoms with Crippen LogP contribution in [0.15, 0.2) is 194 Å². The Balaban J connectivity index is 1.30. The average Bonchev–Trinajstić information content (AvgIpc) is 3.80. The Morgan fingerprint density at radius 1 is 0.574 bits per heavy atom. The summed E-state index contributed by atoms with van der Waals surface area (Å²) in [5.41, 5.74) is 10.9. The van der Waals surface area contributed by atoms with Crippen LogP contribution in [0.5, 0.6) is 0 Å². The number of rotatable bonds is 10. The predicted octanol–water partition coefficient (Wildman–Crippen LogP) is 10.1. The highest BCUT2D eigenvalue weighted by atomic mass is 28.3. The zero-order valence-electron chi connectivity index (χ0n) is 30.4. The molecule has 2 aliphatic carbocycles. The number of nitrogens with zero attached hydrogens (tertiary/aromatic N) is 2. The lowest BCUT2D eigenvalue weighted by molar-refractivity contribution is 0.573. The summed E-state index contributed by atoms with van der Waals surface area (Å²) < 4.78 is 0. The number of hydrogen-bond acceptors (Lipinski definition) is 3. The van der Waals surface area contributed by atoms with E-state index in [0.29, 0.717) is 11.0 Å². The van der Waals surface area contributed by atoms with Crippen molar-refractivity contribution < 1.29 is 0 Å². The fourth-order valence-corrected chi connectivity index (χ4v) is 13.5. The molecular weight excluding hydrogens is 671 g/mol. The number of allylic oxidation sites excluding steroid dienone is 2. The van der Waals surface area contributed by atoms with Gasteiger partial charge in [-0.2, -0.15) is 5.26 Å². The Kier molecular flexibility index (Phi) is 8.58. The summed E-state index contributed by atoms with van der Waals surface area (Å²) in [6.07, 6.45) is 3.53. The molecule has 1 saturated carbocycles. The molecular formula is C50H41N3Si. The quantitative estimate of drug-likeness (QED) is 0.113. The Labute approximate surface area is 319 Å². The molecule has 0 bridgehead atoms. The summed E-state index contributed by atoms with van der Waals surface area (Å²) in [5.74, 6) is 0. The maximum Gasteiger partial charge on any atom is 0.179 e. The van der Waals surface area contributed by atoms with E-state index in [1.807, 2.05) is 24.3 Å².